The summed E-state index contributed by atoms with van der Waals surface area (Å²) in [5.41, 5.74) is 1.08. The minimum Gasteiger partial charge on any atom is -0.493 e. The number of carbonyl (C=O) groups excluding carboxylic acids is 1. The first-order valence-corrected chi connectivity index (χ1v) is 9.21. The quantitative estimate of drug-likeness (QED) is 0.826. The largest absolute Gasteiger partial charge is 0.493 e. The molecule has 5 rings (SSSR count). The Hall–Kier alpha value is -2.15. The molecule has 0 saturated carbocycles. The zero-order valence-electron chi connectivity index (χ0n) is 14.6. The Balaban J connectivity index is 1.48. The second-order valence-electron chi connectivity index (χ2n) is 7.12. The van der Waals surface area contributed by atoms with E-state index in [1.807, 2.05) is 18.2 Å². The first kappa shape index (κ1) is 16.1. The maximum absolute atomic E-state index is 13.0. The van der Waals surface area contributed by atoms with Crippen LogP contribution in [0.1, 0.15) is 11.6 Å². The highest BCUT2D eigenvalue weighted by molar-refractivity contribution is 5.89. The predicted octanol–water partition coefficient (Wildman–Crippen LogP) is 2.00. The number of ether oxygens (including phenoxy) is 2. The maximum atomic E-state index is 13.0. The zero-order valence-corrected chi connectivity index (χ0v) is 14.6. The number of carbonyl (C=O) groups is 1. The van der Waals surface area contributed by atoms with Gasteiger partial charge in [0, 0.05) is 24.6 Å². The normalized spacial score (nSPS) is 25.6. The van der Waals surface area contributed by atoms with Gasteiger partial charge < -0.3 is 9.47 Å². The Morgan fingerprint density at radius 2 is 1.92 bits per heavy atom. The van der Waals surface area contributed by atoms with Crippen molar-refractivity contribution < 1.29 is 19.1 Å². The third kappa shape index (κ3) is 2.65. The molecule has 0 spiro atoms. The third-order valence-corrected chi connectivity index (χ3v) is 5.51. The monoisotopic (exact) mass is 354 g/mol. The molecule has 3 aliphatic heterocycles. The molecule has 2 aromatic carbocycles. The lowest BCUT2D eigenvalue weighted by molar-refractivity contribution is -0.179. The molecule has 0 unspecified atom stereocenters. The topological polar surface area (TPSA) is 51.2 Å². The van der Waals surface area contributed by atoms with Crippen LogP contribution in [0.2, 0.25) is 0 Å². The summed E-state index contributed by atoms with van der Waals surface area (Å²) in [5.74, 6) is 1.04. The van der Waals surface area contributed by atoms with Gasteiger partial charge in [0.05, 0.1) is 39.0 Å². The summed E-state index contributed by atoms with van der Waals surface area (Å²) in [4.78, 5) is 21.0. The standard InChI is InChI=1S/C20H22N2O4/c23-18(11-21-7-9-24-10-8-21)22-20-15(13-26-22)12-25-17-6-5-14-3-1-2-4-16(14)19(17)20/h1-6,15,20H,7-13H2/t15-,20-/m1/s1. The number of hydroxylamine groups is 2. The highest BCUT2D eigenvalue weighted by atomic mass is 16.7. The van der Waals surface area contributed by atoms with Crippen LogP contribution in [0.3, 0.4) is 0 Å². The van der Waals surface area contributed by atoms with E-state index >= 15 is 0 Å². The molecule has 0 aliphatic carbocycles. The van der Waals surface area contributed by atoms with E-state index < -0.39 is 0 Å². The van der Waals surface area contributed by atoms with E-state index in [1.165, 1.54) is 0 Å². The van der Waals surface area contributed by atoms with Crippen molar-refractivity contribution in [3.63, 3.8) is 0 Å². The van der Waals surface area contributed by atoms with Crippen molar-refractivity contribution in [3.05, 3.63) is 42.0 Å². The van der Waals surface area contributed by atoms with Gasteiger partial charge in [-0.3, -0.25) is 14.5 Å². The van der Waals surface area contributed by atoms with Crippen LogP contribution in [0.25, 0.3) is 10.8 Å². The summed E-state index contributed by atoms with van der Waals surface area (Å²) in [6, 6.07) is 12.3. The number of amides is 1. The lowest BCUT2D eigenvalue weighted by Crippen LogP contribution is -2.45. The zero-order chi connectivity index (χ0) is 17.5. The molecular formula is C20H22N2O4. The molecule has 2 aromatic rings. The van der Waals surface area contributed by atoms with Gasteiger partial charge in [-0.15, -0.1) is 0 Å². The lowest BCUT2D eigenvalue weighted by atomic mass is 9.88. The van der Waals surface area contributed by atoms with E-state index in [0.29, 0.717) is 33.0 Å². The van der Waals surface area contributed by atoms with Crippen molar-refractivity contribution in [1.29, 1.82) is 0 Å². The molecule has 2 saturated heterocycles. The van der Waals surface area contributed by atoms with Crippen LogP contribution in [0.4, 0.5) is 0 Å². The molecule has 1 amide bonds. The molecule has 0 N–H and O–H groups in total. The Labute approximate surface area is 152 Å². The first-order valence-electron chi connectivity index (χ1n) is 9.21. The molecule has 0 bridgehead atoms. The molecule has 136 valence electrons. The first-order chi connectivity index (χ1) is 12.8. The highest BCUT2D eigenvalue weighted by Crippen LogP contribution is 2.46. The summed E-state index contributed by atoms with van der Waals surface area (Å²) in [7, 11) is 0. The Morgan fingerprint density at radius 3 is 2.81 bits per heavy atom. The fraction of sp³-hybridized carbons (Fsp3) is 0.450. The van der Waals surface area contributed by atoms with Crippen LogP contribution < -0.4 is 4.74 Å². The van der Waals surface area contributed by atoms with Gasteiger partial charge in [0.15, 0.2) is 0 Å². The molecule has 6 nitrogen and oxygen atoms in total. The van der Waals surface area contributed by atoms with Crippen molar-refractivity contribution >= 4 is 16.7 Å². The molecule has 2 fully saturated rings. The number of fused-ring (bicyclic) bond motifs is 5. The van der Waals surface area contributed by atoms with Crippen molar-refractivity contribution in [2.75, 3.05) is 46.1 Å². The van der Waals surface area contributed by atoms with E-state index in [0.717, 1.165) is 35.2 Å². The summed E-state index contributed by atoms with van der Waals surface area (Å²) in [5, 5.41) is 3.89. The maximum Gasteiger partial charge on any atom is 0.260 e. The number of hydrogen-bond donors (Lipinski definition) is 0. The smallest absolute Gasteiger partial charge is 0.260 e. The van der Waals surface area contributed by atoms with Gasteiger partial charge in [-0.1, -0.05) is 30.3 Å². The summed E-state index contributed by atoms with van der Waals surface area (Å²) < 4.78 is 11.4. The molecule has 2 atom stereocenters. The summed E-state index contributed by atoms with van der Waals surface area (Å²) in [6.07, 6.45) is 0. The highest BCUT2D eigenvalue weighted by Gasteiger charge is 2.45. The average Bonchev–Trinajstić information content (AvgIpc) is 3.13. The third-order valence-electron chi connectivity index (χ3n) is 5.51. The van der Waals surface area contributed by atoms with E-state index in [-0.39, 0.29) is 17.9 Å². The van der Waals surface area contributed by atoms with Gasteiger partial charge in [0.1, 0.15) is 5.75 Å². The second-order valence-corrected chi connectivity index (χ2v) is 7.12. The van der Waals surface area contributed by atoms with Gasteiger partial charge >= 0.3 is 0 Å². The number of nitrogens with zero attached hydrogens (tertiary/aromatic N) is 2. The van der Waals surface area contributed by atoms with E-state index in [4.69, 9.17) is 14.3 Å². The average molecular weight is 354 g/mol. The number of rotatable bonds is 2. The predicted molar refractivity (Wildman–Crippen MR) is 95.7 cm³/mol. The van der Waals surface area contributed by atoms with Crippen molar-refractivity contribution in [2.24, 2.45) is 5.92 Å². The minimum absolute atomic E-state index is 0.0141. The molecular weight excluding hydrogens is 332 g/mol. The van der Waals surface area contributed by atoms with Crippen LogP contribution in [-0.2, 0) is 14.4 Å². The van der Waals surface area contributed by atoms with Gasteiger partial charge in [-0.05, 0) is 16.8 Å². The summed E-state index contributed by atoms with van der Waals surface area (Å²) >= 11 is 0. The Kier molecular flexibility index (Phi) is 4.04. The summed E-state index contributed by atoms with van der Waals surface area (Å²) in [6.45, 7) is 4.41. The molecule has 26 heavy (non-hydrogen) atoms. The van der Waals surface area contributed by atoms with Crippen LogP contribution in [-0.4, -0.2) is 61.9 Å². The number of hydrogen-bond acceptors (Lipinski definition) is 5. The molecule has 3 heterocycles. The van der Waals surface area contributed by atoms with Gasteiger partial charge in [0.25, 0.3) is 5.91 Å². The van der Waals surface area contributed by atoms with Crippen molar-refractivity contribution in [1.82, 2.24) is 9.96 Å². The Morgan fingerprint density at radius 1 is 1.08 bits per heavy atom. The lowest BCUT2D eigenvalue weighted by Gasteiger charge is -2.34. The van der Waals surface area contributed by atoms with Crippen molar-refractivity contribution in [3.8, 4) is 5.75 Å². The van der Waals surface area contributed by atoms with Crippen LogP contribution in [0.5, 0.6) is 5.75 Å². The number of benzene rings is 2. The number of morpholine rings is 1. The van der Waals surface area contributed by atoms with Crippen LogP contribution in [0, 0.1) is 5.92 Å². The molecule has 6 heteroatoms. The van der Waals surface area contributed by atoms with Crippen LogP contribution >= 0.6 is 0 Å². The Bertz CT molecular complexity index is 834. The second kappa shape index (κ2) is 6.54. The van der Waals surface area contributed by atoms with Gasteiger partial charge in [0.2, 0.25) is 0 Å². The van der Waals surface area contributed by atoms with Gasteiger partial charge in [-0.2, -0.15) is 0 Å². The van der Waals surface area contributed by atoms with E-state index in [9.17, 15) is 4.79 Å². The van der Waals surface area contributed by atoms with Crippen molar-refractivity contribution in [2.45, 2.75) is 6.04 Å². The fourth-order valence-corrected chi connectivity index (χ4v) is 4.18. The molecule has 0 radical (unpaired) electrons. The van der Waals surface area contributed by atoms with Crippen LogP contribution in [0.15, 0.2) is 36.4 Å². The molecule has 0 aromatic heterocycles. The van der Waals surface area contributed by atoms with E-state index in [1.54, 1.807) is 5.06 Å². The molecule has 3 aliphatic rings. The fourth-order valence-electron chi connectivity index (χ4n) is 4.18. The van der Waals surface area contributed by atoms with Gasteiger partial charge in [-0.25, -0.2) is 5.06 Å². The minimum atomic E-state index is -0.0848. The van der Waals surface area contributed by atoms with E-state index in [2.05, 4.69) is 23.1 Å². The SMILES string of the molecule is O=C(CN1CCOCC1)N1OC[C@H]2COc3ccc4ccccc4c3[C@@H]21.